The largest absolute Gasteiger partial charge is 0.486 e. The third kappa shape index (κ3) is 4.53. The van der Waals surface area contributed by atoms with Crippen LogP contribution >= 0.6 is 0 Å². The lowest BCUT2D eigenvalue weighted by molar-refractivity contribution is -0.137. The smallest absolute Gasteiger partial charge is 0.416 e. The molecule has 0 saturated heterocycles. The summed E-state index contributed by atoms with van der Waals surface area (Å²) in [6.07, 6.45) is -1.52. The van der Waals surface area contributed by atoms with Gasteiger partial charge in [0.15, 0.2) is 0 Å². The maximum atomic E-state index is 13.3. The highest BCUT2D eigenvalue weighted by Crippen LogP contribution is 2.45. The second-order valence-electron chi connectivity index (χ2n) is 8.18. The first-order valence-corrected chi connectivity index (χ1v) is 10.7. The molecule has 9 heteroatoms. The van der Waals surface area contributed by atoms with Gasteiger partial charge in [-0.2, -0.15) is 13.2 Å². The molecule has 6 nitrogen and oxygen atoms in total. The molecule has 2 aliphatic rings. The Bertz CT molecular complexity index is 1140. The summed E-state index contributed by atoms with van der Waals surface area (Å²) in [5.74, 6) is -0.285. The van der Waals surface area contributed by atoms with E-state index in [-0.39, 0.29) is 18.3 Å². The van der Waals surface area contributed by atoms with E-state index in [0.29, 0.717) is 41.8 Å². The average Bonchev–Trinajstić information content (AvgIpc) is 2.77. The molecule has 0 radical (unpaired) electrons. The number of halogens is 3. The number of nitrogens with one attached hydrogen (secondary N) is 3. The fourth-order valence-electron chi connectivity index (χ4n) is 4.21. The molecule has 0 fully saturated rings. The number of rotatable bonds is 4. The Labute approximate surface area is 189 Å². The lowest BCUT2D eigenvalue weighted by Crippen LogP contribution is -2.38. The summed E-state index contributed by atoms with van der Waals surface area (Å²) < 4.78 is 45.8. The van der Waals surface area contributed by atoms with E-state index < -0.39 is 23.2 Å². The fourth-order valence-corrected chi connectivity index (χ4v) is 4.21. The molecule has 0 unspecified atom stereocenters. The van der Waals surface area contributed by atoms with Crippen LogP contribution in [0.1, 0.15) is 49.8 Å². The molecule has 2 heterocycles. The van der Waals surface area contributed by atoms with Gasteiger partial charge in [-0.25, -0.2) is 4.79 Å². The minimum atomic E-state index is -4.49. The van der Waals surface area contributed by atoms with E-state index in [1.54, 1.807) is 18.2 Å². The Kier molecular flexibility index (Phi) is 5.82. The maximum absolute atomic E-state index is 13.3. The summed E-state index contributed by atoms with van der Waals surface area (Å²) in [6, 6.07) is 8.23. The van der Waals surface area contributed by atoms with Gasteiger partial charge in [-0.1, -0.05) is 26.0 Å². The second-order valence-corrected chi connectivity index (χ2v) is 8.18. The van der Waals surface area contributed by atoms with E-state index in [1.165, 1.54) is 12.1 Å². The topological polar surface area (TPSA) is 79.5 Å². The summed E-state index contributed by atoms with van der Waals surface area (Å²) in [5.41, 5.74) is 1.49. The summed E-state index contributed by atoms with van der Waals surface area (Å²) in [7, 11) is 0. The van der Waals surface area contributed by atoms with Gasteiger partial charge in [-0.15, -0.1) is 0 Å². The normalized spacial score (nSPS) is 17.8. The number of urea groups is 1. The Morgan fingerprint density at radius 3 is 2.67 bits per heavy atom. The number of anilines is 2. The number of fused-ring (bicyclic) bond motifs is 2. The van der Waals surface area contributed by atoms with Crippen LogP contribution in [0, 0.1) is 0 Å². The molecule has 0 saturated carbocycles. The summed E-state index contributed by atoms with van der Waals surface area (Å²) >= 11 is 0. The lowest BCUT2D eigenvalue weighted by Gasteiger charge is -2.39. The number of carbonyl (C=O) groups excluding carboxylic acids is 2. The van der Waals surface area contributed by atoms with Gasteiger partial charge in [0.25, 0.3) is 0 Å². The summed E-state index contributed by atoms with van der Waals surface area (Å²) in [5, 5.41) is 8.19. The van der Waals surface area contributed by atoms with Gasteiger partial charge >= 0.3 is 12.2 Å². The molecular formula is C24H24F3N3O3. The first-order valence-electron chi connectivity index (χ1n) is 10.7. The third-order valence-corrected chi connectivity index (χ3v) is 6.20. The fraction of sp³-hybridized carbons (Fsp3) is 0.333. The van der Waals surface area contributed by atoms with Crippen molar-refractivity contribution < 1.29 is 27.5 Å². The first-order chi connectivity index (χ1) is 15.6. The summed E-state index contributed by atoms with van der Waals surface area (Å²) in [4.78, 5) is 24.5. The molecule has 0 atom stereocenters. The van der Waals surface area contributed by atoms with Gasteiger partial charge in [0.2, 0.25) is 5.91 Å². The Morgan fingerprint density at radius 1 is 1.21 bits per heavy atom. The van der Waals surface area contributed by atoms with Crippen LogP contribution in [-0.4, -0.2) is 17.5 Å². The Balaban J connectivity index is 1.68. The molecule has 0 spiro atoms. The van der Waals surface area contributed by atoms with Crippen LogP contribution < -0.4 is 20.7 Å². The number of amides is 3. The van der Waals surface area contributed by atoms with Crippen molar-refractivity contribution in [3.63, 3.8) is 0 Å². The lowest BCUT2D eigenvalue weighted by atomic mass is 9.83. The van der Waals surface area contributed by atoms with E-state index >= 15 is 0 Å². The van der Waals surface area contributed by atoms with E-state index in [0.717, 1.165) is 17.7 Å². The van der Waals surface area contributed by atoms with E-state index in [2.05, 4.69) is 16.0 Å². The zero-order chi connectivity index (χ0) is 23.8. The molecule has 2 aliphatic heterocycles. The second kappa shape index (κ2) is 8.46. The monoisotopic (exact) mass is 459 g/mol. The Morgan fingerprint density at radius 2 is 1.97 bits per heavy atom. The Hall–Kier alpha value is -3.49. The van der Waals surface area contributed by atoms with Crippen molar-refractivity contribution in [1.82, 2.24) is 5.32 Å². The quantitative estimate of drug-likeness (QED) is 0.513. The van der Waals surface area contributed by atoms with Gasteiger partial charge < -0.3 is 20.7 Å². The van der Waals surface area contributed by atoms with Crippen molar-refractivity contribution in [3.05, 3.63) is 59.2 Å². The molecule has 3 N–H and O–H groups in total. The van der Waals surface area contributed by atoms with Gasteiger partial charge in [-0.3, -0.25) is 4.79 Å². The van der Waals surface area contributed by atoms with Crippen LogP contribution in [0.3, 0.4) is 0 Å². The van der Waals surface area contributed by atoms with Crippen molar-refractivity contribution in [2.24, 2.45) is 0 Å². The van der Waals surface area contributed by atoms with Gasteiger partial charge in [0.1, 0.15) is 11.4 Å². The summed E-state index contributed by atoms with van der Waals surface area (Å²) in [6.45, 7) is 4.09. The van der Waals surface area contributed by atoms with Crippen molar-refractivity contribution in [1.29, 1.82) is 0 Å². The molecule has 0 bridgehead atoms. The molecule has 0 aromatic heterocycles. The minimum absolute atomic E-state index is 0.128. The zero-order valence-electron chi connectivity index (χ0n) is 18.2. The van der Waals surface area contributed by atoms with Crippen LogP contribution in [0.5, 0.6) is 5.75 Å². The molecule has 2 aromatic carbocycles. The number of ether oxygens (including phenoxy) is 1. The number of hydrogen-bond acceptors (Lipinski definition) is 3. The maximum Gasteiger partial charge on any atom is 0.416 e. The van der Waals surface area contributed by atoms with Gasteiger partial charge in [-0.05, 0) is 42.7 Å². The van der Waals surface area contributed by atoms with E-state index in [1.807, 2.05) is 13.8 Å². The molecule has 33 heavy (non-hydrogen) atoms. The van der Waals surface area contributed by atoms with Gasteiger partial charge in [0.05, 0.1) is 5.56 Å². The predicted octanol–water partition coefficient (Wildman–Crippen LogP) is 5.70. The number of hydrogen-bond donors (Lipinski definition) is 3. The standard InChI is InChI=1S/C24H24F3N3O3/c1-3-23(4-2)12-14(16-9-8-15(24(25,26)27)11-20(16)33-23)10-21(31)29-18-6-5-7-19-17(18)13-28-22(32)30-19/h5-11H,3-4,12-13H2,1-2H3,(H,29,31)(H2,28,30,32)/b14-10+. The number of carbonyl (C=O) groups is 2. The van der Waals surface area contributed by atoms with Crippen molar-refractivity contribution in [2.75, 3.05) is 10.6 Å². The van der Waals surface area contributed by atoms with Crippen LogP contribution in [-0.2, 0) is 17.5 Å². The third-order valence-electron chi connectivity index (χ3n) is 6.20. The average molecular weight is 459 g/mol. The van der Waals surface area contributed by atoms with Crippen LogP contribution in [0.25, 0.3) is 5.57 Å². The zero-order valence-corrected chi connectivity index (χ0v) is 18.2. The number of alkyl halides is 3. The molecular weight excluding hydrogens is 435 g/mol. The highest BCUT2D eigenvalue weighted by Gasteiger charge is 2.38. The number of benzene rings is 2. The molecule has 0 aliphatic carbocycles. The molecule has 174 valence electrons. The minimum Gasteiger partial charge on any atom is -0.486 e. The SMILES string of the molecule is CCC1(CC)C/C(=C\C(=O)Nc2cccc3c2CNC(=O)N3)c2ccc(C(F)(F)F)cc2O1. The van der Waals surface area contributed by atoms with Crippen molar-refractivity contribution in [3.8, 4) is 5.75 Å². The van der Waals surface area contributed by atoms with E-state index in [4.69, 9.17) is 4.74 Å². The predicted molar refractivity (Wildman–Crippen MR) is 119 cm³/mol. The van der Waals surface area contributed by atoms with Gasteiger partial charge in [0, 0.05) is 41.5 Å². The van der Waals surface area contributed by atoms with Crippen LogP contribution in [0.4, 0.5) is 29.3 Å². The molecule has 4 rings (SSSR count). The van der Waals surface area contributed by atoms with Crippen LogP contribution in [0.15, 0.2) is 42.5 Å². The highest BCUT2D eigenvalue weighted by atomic mass is 19.4. The van der Waals surface area contributed by atoms with Crippen LogP contribution in [0.2, 0.25) is 0 Å². The molecule has 3 amide bonds. The first kappa shape index (κ1) is 22.7. The molecule has 2 aromatic rings. The van der Waals surface area contributed by atoms with Crippen molar-refractivity contribution in [2.45, 2.75) is 51.4 Å². The van der Waals surface area contributed by atoms with E-state index in [9.17, 15) is 22.8 Å². The highest BCUT2D eigenvalue weighted by molar-refractivity contribution is 6.06. The van der Waals surface area contributed by atoms with Crippen molar-refractivity contribution >= 4 is 28.9 Å².